The predicted octanol–water partition coefficient (Wildman–Crippen LogP) is 11.1. The quantitative estimate of drug-likeness (QED) is 0.0226. The summed E-state index contributed by atoms with van der Waals surface area (Å²) < 4.78 is 34.9. The third-order valence-electron chi connectivity index (χ3n) is 8.58. The number of ether oxygens (including phenoxy) is 2. The maximum atomic E-state index is 12.6. The molecule has 0 aliphatic carbocycles. The van der Waals surface area contributed by atoms with Gasteiger partial charge in [0.2, 0.25) is 0 Å². The molecule has 0 heterocycles. The molecule has 0 aliphatic heterocycles. The first-order valence-electron chi connectivity index (χ1n) is 19.9. The summed E-state index contributed by atoms with van der Waals surface area (Å²) in [5.41, 5.74) is 0. The molecule has 1 N–H and O–H groups in total. The Labute approximate surface area is 297 Å². The minimum atomic E-state index is -4.26. The largest absolute Gasteiger partial charge is 0.472 e. The Morgan fingerprint density at radius 2 is 1.08 bits per heavy atom. The molecule has 48 heavy (non-hydrogen) atoms. The first-order chi connectivity index (χ1) is 23.1. The lowest BCUT2D eigenvalue weighted by molar-refractivity contribution is -0.870. The third-order valence-corrected chi connectivity index (χ3v) is 9.56. The van der Waals surface area contributed by atoms with Crippen molar-refractivity contribution in [1.82, 2.24) is 0 Å². The lowest BCUT2D eigenvalue weighted by Crippen LogP contribution is -2.37. The number of phosphoric ester groups is 1. The molecule has 0 saturated heterocycles. The molecule has 0 spiro atoms. The van der Waals surface area contributed by atoms with Crippen LogP contribution in [-0.4, -0.2) is 75.6 Å². The molecule has 0 aromatic heterocycles. The average Bonchev–Trinajstić information content (AvgIpc) is 3.03. The monoisotopic (exact) mass is 705 g/mol. The highest BCUT2D eigenvalue weighted by Crippen LogP contribution is 2.43. The summed E-state index contributed by atoms with van der Waals surface area (Å²) in [6, 6.07) is 0. The average molecular weight is 705 g/mol. The number of allylic oxidation sites excluding steroid dienone is 2. The van der Waals surface area contributed by atoms with Crippen LogP contribution in [0.5, 0.6) is 0 Å². The lowest BCUT2D eigenvalue weighted by atomic mass is 10.1. The van der Waals surface area contributed by atoms with Crippen LogP contribution in [0.1, 0.15) is 174 Å². The van der Waals surface area contributed by atoms with Crippen LogP contribution >= 0.6 is 7.82 Å². The summed E-state index contributed by atoms with van der Waals surface area (Å²) in [6.07, 6.45) is 33.7. The van der Waals surface area contributed by atoms with Gasteiger partial charge in [-0.05, 0) is 38.5 Å². The van der Waals surface area contributed by atoms with Gasteiger partial charge in [-0.25, -0.2) is 4.57 Å². The summed E-state index contributed by atoms with van der Waals surface area (Å²) in [5, 5.41) is 0. The molecule has 0 rings (SSSR count). The zero-order chi connectivity index (χ0) is 35.6. The molecule has 286 valence electrons. The minimum Gasteiger partial charge on any atom is -0.457 e. The fourth-order valence-electron chi connectivity index (χ4n) is 5.43. The smallest absolute Gasteiger partial charge is 0.457 e. The van der Waals surface area contributed by atoms with E-state index >= 15 is 0 Å². The Morgan fingerprint density at radius 3 is 1.58 bits per heavy atom. The number of quaternary nitrogens is 1. The Kier molecular flexibility index (Phi) is 32.9. The molecule has 8 nitrogen and oxygen atoms in total. The topological polar surface area (TPSA) is 91.3 Å². The lowest BCUT2D eigenvalue weighted by Gasteiger charge is -2.24. The zero-order valence-electron chi connectivity index (χ0n) is 32.2. The minimum absolute atomic E-state index is 0.0899. The van der Waals surface area contributed by atoms with Gasteiger partial charge in [-0.15, -0.1) is 0 Å². The number of unbranched alkanes of at least 4 members (excludes halogenated alkanes) is 21. The van der Waals surface area contributed by atoms with Crippen molar-refractivity contribution in [2.24, 2.45) is 0 Å². The SMILES string of the molecule is CCCCCCC/C=C\CCCCCCCC(=O)OC(COCCCCCCCCCCCCCC)COP(=O)(O)OCC[N+](C)(C)C. The van der Waals surface area contributed by atoms with Gasteiger partial charge in [-0.2, -0.15) is 0 Å². The van der Waals surface area contributed by atoms with Crippen molar-refractivity contribution in [3.8, 4) is 0 Å². The van der Waals surface area contributed by atoms with Crippen molar-refractivity contribution in [3.63, 3.8) is 0 Å². The van der Waals surface area contributed by atoms with Crippen LogP contribution < -0.4 is 0 Å². The molecule has 0 fully saturated rings. The number of nitrogens with zero attached hydrogens (tertiary/aromatic N) is 1. The zero-order valence-corrected chi connectivity index (χ0v) is 33.1. The van der Waals surface area contributed by atoms with Crippen molar-refractivity contribution >= 4 is 13.8 Å². The van der Waals surface area contributed by atoms with Crippen molar-refractivity contribution in [2.75, 3.05) is 54.1 Å². The molecule has 0 aromatic carbocycles. The Morgan fingerprint density at radius 1 is 0.625 bits per heavy atom. The summed E-state index contributed by atoms with van der Waals surface area (Å²) in [4.78, 5) is 22.8. The van der Waals surface area contributed by atoms with Crippen LogP contribution in [0, 0.1) is 0 Å². The Hall–Kier alpha value is -0.760. The van der Waals surface area contributed by atoms with E-state index in [-0.39, 0.29) is 25.8 Å². The van der Waals surface area contributed by atoms with Crippen molar-refractivity contribution in [1.29, 1.82) is 0 Å². The van der Waals surface area contributed by atoms with E-state index in [0.29, 0.717) is 24.1 Å². The van der Waals surface area contributed by atoms with E-state index in [4.69, 9.17) is 18.5 Å². The van der Waals surface area contributed by atoms with Crippen molar-refractivity contribution in [2.45, 2.75) is 180 Å². The van der Waals surface area contributed by atoms with E-state index in [0.717, 1.165) is 38.5 Å². The summed E-state index contributed by atoms with van der Waals surface area (Å²) in [5.74, 6) is -0.321. The second-order valence-corrected chi connectivity index (χ2v) is 16.1. The van der Waals surface area contributed by atoms with E-state index < -0.39 is 13.9 Å². The Balaban J connectivity index is 4.28. The van der Waals surface area contributed by atoms with Crippen molar-refractivity contribution < 1.29 is 37.3 Å². The van der Waals surface area contributed by atoms with Crippen LogP contribution in [-0.2, 0) is 27.9 Å². The second-order valence-electron chi connectivity index (χ2n) is 14.7. The summed E-state index contributed by atoms with van der Waals surface area (Å²) >= 11 is 0. The standard InChI is InChI=1S/C39H78NO7P/c1-6-8-10-12-14-16-18-20-21-22-24-26-28-30-32-39(41)47-38(37-46-48(42,43)45-35-33-40(3,4)5)36-44-34-31-29-27-25-23-19-17-15-13-11-9-7-2/h18,20,38H,6-17,19,21-37H2,1-5H3/p+1/b20-18-. The molecule has 0 radical (unpaired) electrons. The first-order valence-corrected chi connectivity index (χ1v) is 21.4. The van der Waals surface area contributed by atoms with E-state index in [9.17, 15) is 14.3 Å². The second kappa shape index (κ2) is 33.4. The molecule has 0 aromatic rings. The van der Waals surface area contributed by atoms with Crippen LogP contribution in [0.25, 0.3) is 0 Å². The number of carbonyl (C=O) groups excluding carboxylic acids is 1. The fraction of sp³-hybridized carbons (Fsp3) is 0.923. The molecule has 0 saturated carbocycles. The maximum absolute atomic E-state index is 12.6. The number of esters is 1. The van der Waals surface area contributed by atoms with Gasteiger partial charge >= 0.3 is 13.8 Å². The Bertz CT molecular complexity index is 787. The van der Waals surface area contributed by atoms with Gasteiger partial charge in [0.05, 0.1) is 34.4 Å². The van der Waals surface area contributed by atoms with Crippen LogP contribution in [0.2, 0.25) is 0 Å². The van der Waals surface area contributed by atoms with E-state index in [2.05, 4.69) is 26.0 Å². The van der Waals surface area contributed by atoms with Gasteiger partial charge in [0.25, 0.3) is 0 Å². The highest BCUT2D eigenvalue weighted by atomic mass is 31.2. The van der Waals surface area contributed by atoms with Crippen LogP contribution in [0.3, 0.4) is 0 Å². The molecule has 0 aliphatic rings. The van der Waals surface area contributed by atoms with Crippen LogP contribution in [0.4, 0.5) is 0 Å². The van der Waals surface area contributed by atoms with Gasteiger partial charge in [0, 0.05) is 13.0 Å². The van der Waals surface area contributed by atoms with E-state index in [1.165, 1.54) is 116 Å². The predicted molar refractivity (Wildman–Crippen MR) is 201 cm³/mol. The van der Waals surface area contributed by atoms with E-state index in [1.54, 1.807) is 0 Å². The highest BCUT2D eigenvalue weighted by molar-refractivity contribution is 7.47. The number of hydrogen-bond acceptors (Lipinski definition) is 6. The van der Waals surface area contributed by atoms with E-state index in [1.807, 2.05) is 21.1 Å². The van der Waals surface area contributed by atoms with Gasteiger partial charge in [-0.3, -0.25) is 13.8 Å². The molecule has 2 atom stereocenters. The number of carbonyl (C=O) groups is 1. The molecular weight excluding hydrogens is 625 g/mol. The summed E-state index contributed by atoms with van der Waals surface area (Å²) in [7, 11) is 1.67. The molecular formula is C39H79NO7P+. The maximum Gasteiger partial charge on any atom is 0.472 e. The number of phosphoric acid groups is 1. The molecule has 2 unspecified atom stereocenters. The molecule has 0 amide bonds. The van der Waals surface area contributed by atoms with Crippen molar-refractivity contribution in [3.05, 3.63) is 12.2 Å². The fourth-order valence-corrected chi connectivity index (χ4v) is 6.17. The normalized spacial score (nSPS) is 14.0. The highest BCUT2D eigenvalue weighted by Gasteiger charge is 2.26. The summed E-state index contributed by atoms with van der Waals surface area (Å²) in [6.45, 7) is 5.62. The van der Waals surface area contributed by atoms with Crippen LogP contribution in [0.15, 0.2) is 12.2 Å². The third kappa shape index (κ3) is 36.5. The van der Waals surface area contributed by atoms with Gasteiger partial charge < -0.3 is 18.9 Å². The van der Waals surface area contributed by atoms with Gasteiger partial charge in [0.15, 0.2) is 0 Å². The number of rotatable bonds is 37. The number of hydrogen-bond donors (Lipinski definition) is 1. The molecule has 9 heteroatoms. The van der Waals surface area contributed by atoms with Gasteiger partial charge in [0.1, 0.15) is 19.3 Å². The van der Waals surface area contributed by atoms with Gasteiger partial charge in [-0.1, -0.05) is 142 Å². The first kappa shape index (κ1) is 47.2. The molecule has 0 bridgehead atoms. The number of likely N-dealkylation sites (N-methyl/N-ethyl adjacent to an activating group) is 1.